The molecule has 0 saturated carbocycles. The zero-order chi connectivity index (χ0) is 13.7. The average Bonchev–Trinajstić information content (AvgIpc) is 2.84. The van der Waals surface area contributed by atoms with Crippen LogP contribution in [0.1, 0.15) is 31.9 Å². The van der Waals surface area contributed by atoms with Crippen molar-refractivity contribution >= 4 is 11.6 Å². The molecular weight excluding hydrogens is 242 g/mol. The van der Waals surface area contributed by atoms with Gasteiger partial charge in [-0.05, 0) is 25.7 Å². The van der Waals surface area contributed by atoms with Crippen LogP contribution in [-0.2, 0) is 0 Å². The Hall–Kier alpha value is -1.69. The maximum absolute atomic E-state index is 9.08. The minimum absolute atomic E-state index is 0.237. The van der Waals surface area contributed by atoms with E-state index in [1.807, 2.05) is 13.0 Å². The number of hydrogen-bond donors (Lipinski definition) is 2. The molecule has 2 N–H and O–H groups in total. The fraction of sp³-hybridized carbons (Fsp3) is 0.615. The number of aliphatic hydroxyl groups excluding tert-OH is 1. The van der Waals surface area contributed by atoms with Crippen LogP contribution in [0.15, 0.2) is 12.4 Å². The van der Waals surface area contributed by atoms with Crippen molar-refractivity contribution in [2.75, 3.05) is 18.5 Å². The SMILES string of the molecule is CCCC(CCO)CNc1cc(C)nc2ncnn12. The number of aromatic nitrogens is 4. The largest absolute Gasteiger partial charge is 0.396 e. The predicted octanol–water partition coefficient (Wildman–Crippen LogP) is 1.64. The van der Waals surface area contributed by atoms with Crippen LogP contribution in [0.3, 0.4) is 0 Å². The Morgan fingerprint density at radius 1 is 1.42 bits per heavy atom. The summed E-state index contributed by atoms with van der Waals surface area (Å²) in [5, 5.41) is 16.6. The number of hydrogen-bond acceptors (Lipinski definition) is 5. The summed E-state index contributed by atoms with van der Waals surface area (Å²) in [7, 11) is 0. The summed E-state index contributed by atoms with van der Waals surface area (Å²) in [6.07, 6.45) is 4.56. The first-order valence-corrected chi connectivity index (χ1v) is 6.76. The number of rotatable bonds is 7. The van der Waals surface area contributed by atoms with Crippen LogP contribution >= 0.6 is 0 Å². The summed E-state index contributed by atoms with van der Waals surface area (Å²) in [5.74, 6) is 1.98. The van der Waals surface area contributed by atoms with Gasteiger partial charge >= 0.3 is 0 Å². The van der Waals surface area contributed by atoms with Gasteiger partial charge in [-0.2, -0.15) is 14.6 Å². The molecule has 0 aromatic carbocycles. The second-order valence-electron chi connectivity index (χ2n) is 4.80. The van der Waals surface area contributed by atoms with E-state index >= 15 is 0 Å². The summed E-state index contributed by atoms with van der Waals surface area (Å²) in [5.41, 5.74) is 0.914. The summed E-state index contributed by atoms with van der Waals surface area (Å²) in [4.78, 5) is 8.41. The molecule has 0 spiro atoms. The van der Waals surface area contributed by atoms with E-state index < -0.39 is 0 Å². The third-order valence-electron chi connectivity index (χ3n) is 3.19. The molecule has 0 amide bonds. The lowest BCUT2D eigenvalue weighted by atomic mass is 10.0. The van der Waals surface area contributed by atoms with E-state index in [1.54, 1.807) is 4.52 Å². The first-order chi connectivity index (χ1) is 9.24. The summed E-state index contributed by atoms with van der Waals surface area (Å²) < 4.78 is 1.70. The van der Waals surface area contributed by atoms with Crippen molar-refractivity contribution in [3.63, 3.8) is 0 Å². The number of fused-ring (bicyclic) bond motifs is 1. The molecule has 104 valence electrons. The highest BCUT2D eigenvalue weighted by molar-refractivity contribution is 5.44. The maximum Gasteiger partial charge on any atom is 0.254 e. The van der Waals surface area contributed by atoms with Crippen LogP contribution in [0, 0.1) is 12.8 Å². The fourth-order valence-electron chi connectivity index (χ4n) is 2.24. The number of anilines is 1. The third-order valence-corrected chi connectivity index (χ3v) is 3.19. The van der Waals surface area contributed by atoms with Crippen LogP contribution in [0.25, 0.3) is 5.78 Å². The number of aryl methyl sites for hydroxylation is 1. The molecule has 2 heterocycles. The molecule has 19 heavy (non-hydrogen) atoms. The molecule has 6 heteroatoms. The fourth-order valence-corrected chi connectivity index (χ4v) is 2.24. The molecule has 6 nitrogen and oxygen atoms in total. The molecule has 1 unspecified atom stereocenters. The third kappa shape index (κ3) is 3.41. The number of nitrogens with one attached hydrogen (secondary N) is 1. The first kappa shape index (κ1) is 13.7. The topological polar surface area (TPSA) is 75.3 Å². The van der Waals surface area contributed by atoms with Crippen molar-refractivity contribution in [3.05, 3.63) is 18.1 Å². The van der Waals surface area contributed by atoms with Crippen LogP contribution < -0.4 is 5.32 Å². The molecule has 0 saturated heterocycles. The lowest BCUT2D eigenvalue weighted by Gasteiger charge is -2.16. The van der Waals surface area contributed by atoms with E-state index in [1.165, 1.54) is 6.33 Å². The van der Waals surface area contributed by atoms with Crippen LogP contribution in [0.4, 0.5) is 5.82 Å². The molecule has 2 aromatic rings. The van der Waals surface area contributed by atoms with Gasteiger partial charge in [0.15, 0.2) is 0 Å². The second kappa shape index (κ2) is 6.47. The van der Waals surface area contributed by atoms with Gasteiger partial charge in [-0.3, -0.25) is 0 Å². The lowest BCUT2D eigenvalue weighted by Crippen LogP contribution is -2.17. The zero-order valence-electron chi connectivity index (χ0n) is 11.5. The molecule has 0 fully saturated rings. The lowest BCUT2D eigenvalue weighted by molar-refractivity contribution is 0.255. The molecule has 0 aliphatic carbocycles. The van der Waals surface area contributed by atoms with Crippen LogP contribution in [0.5, 0.6) is 0 Å². The van der Waals surface area contributed by atoms with Gasteiger partial charge in [-0.1, -0.05) is 13.3 Å². The Kier molecular flexibility index (Phi) is 4.68. The van der Waals surface area contributed by atoms with Gasteiger partial charge in [0.25, 0.3) is 5.78 Å². The Balaban J connectivity index is 2.09. The van der Waals surface area contributed by atoms with Crippen LogP contribution in [-0.4, -0.2) is 37.8 Å². The quantitative estimate of drug-likeness (QED) is 0.794. The molecule has 2 aromatic heterocycles. The Morgan fingerprint density at radius 3 is 3.00 bits per heavy atom. The van der Waals surface area contributed by atoms with Gasteiger partial charge in [0.1, 0.15) is 12.1 Å². The highest BCUT2D eigenvalue weighted by Crippen LogP contribution is 2.14. The van der Waals surface area contributed by atoms with Crippen molar-refractivity contribution in [3.8, 4) is 0 Å². The minimum Gasteiger partial charge on any atom is -0.396 e. The van der Waals surface area contributed by atoms with E-state index in [-0.39, 0.29) is 6.61 Å². The summed E-state index contributed by atoms with van der Waals surface area (Å²) >= 11 is 0. The molecule has 0 aliphatic heterocycles. The molecule has 2 rings (SSSR count). The Morgan fingerprint density at radius 2 is 2.26 bits per heavy atom. The van der Waals surface area contributed by atoms with Crippen LogP contribution in [0.2, 0.25) is 0 Å². The van der Waals surface area contributed by atoms with Gasteiger partial charge in [0, 0.05) is 24.9 Å². The minimum atomic E-state index is 0.237. The molecule has 0 bridgehead atoms. The van der Waals surface area contributed by atoms with Gasteiger partial charge in [-0.15, -0.1) is 0 Å². The second-order valence-corrected chi connectivity index (χ2v) is 4.80. The molecular formula is C13H21N5O. The van der Waals surface area contributed by atoms with E-state index in [0.29, 0.717) is 11.7 Å². The number of aliphatic hydroxyl groups is 1. The standard InChI is InChI=1S/C13H21N5O/c1-3-4-11(5-6-19)8-14-12-7-10(2)17-13-15-9-16-18(12)13/h7,9,11,14,19H,3-6,8H2,1-2H3. The molecule has 0 aliphatic rings. The Labute approximate surface area is 112 Å². The van der Waals surface area contributed by atoms with Gasteiger partial charge < -0.3 is 10.4 Å². The smallest absolute Gasteiger partial charge is 0.254 e. The van der Waals surface area contributed by atoms with E-state index in [9.17, 15) is 0 Å². The van der Waals surface area contributed by atoms with Crippen molar-refractivity contribution in [2.24, 2.45) is 5.92 Å². The maximum atomic E-state index is 9.08. The van der Waals surface area contributed by atoms with E-state index in [0.717, 1.165) is 37.3 Å². The molecule has 0 radical (unpaired) electrons. The number of nitrogens with zero attached hydrogens (tertiary/aromatic N) is 4. The van der Waals surface area contributed by atoms with Gasteiger partial charge in [-0.25, -0.2) is 4.98 Å². The monoisotopic (exact) mass is 263 g/mol. The predicted molar refractivity (Wildman–Crippen MR) is 74.1 cm³/mol. The normalized spacial score (nSPS) is 12.8. The van der Waals surface area contributed by atoms with E-state index in [4.69, 9.17) is 5.11 Å². The summed E-state index contributed by atoms with van der Waals surface area (Å²) in [6, 6.07) is 1.96. The van der Waals surface area contributed by atoms with Crippen molar-refractivity contribution in [2.45, 2.75) is 33.1 Å². The van der Waals surface area contributed by atoms with Crippen molar-refractivity contribution in [1.82, 2.24) is 19.6 Å². The van der Waals surface area contributed by atoms with Gasteiger partial charge in [0.2, 0.25) is 0 Å². The zero-order valence-corrected chi connectivity index (χ0v) is 11.5. The summed E-state index contributed by atoms with van der Waals surface area (Å²) in [6.45, 7) is 5.17. The molecule has 1 atom stereocenters. The highest BCUT2D eigenvalue weighted by Gasteiger charge is 2.10. The van der Waals surface area contributed by atoms with Crippen molar-refractivity contribution in [1.29, 1.82) is 0 Å². The van der Waals surface area contributed by atoms with Gasteiger partial charge in [0.05, 0.1) is 0 Å². The Bertz CT molecular complexity index is 519. The van der Waals surface area contributed by atoms with Crippen molar-refractivity contribution < 1.29 is 5.11 Å². The van der Waals surface area contributed by atoms with E-state index in [2.05, 4.69) is 27.3 Å². The highest BCUT2D eigenvalue weighted by atomic mass is 16.3. The first-order valence-electron chi connectivity index (χ1n) is 6.76. The average molecular weight is 263 g/mol.